The van der Waals surface area contributed by atoms with Crippen molar-refractivity contribution in [3.8, 4) is 0 Å². The molecular formula is C17H21N5O. The second-order valence-electron chi connectivity index (χ2n) is 5.81. The van der Waals surface area contributed by atoms with Crippen molar-refractivity contribution in [3.63, 3.8) is 0 Å². The zero-order valence-corrected chi connectivity index (χ0v) is 13.5. The maximum atomic E-state index is 12.7. The molecular weight excluding hydrogens is 290 g/mol. The molecule has 0 aliphatic carbocycles. The van der Waals surface area contributed by atoms with Crippen molar-refractivity contribution in [3.05, 3.63) is 48.2 Å². The van der Waals surface area contributed by atoms with Gasteiger partial charge in [0.2, 0.25) is 0 Å². The Morgan fingerprint density at radius 3 is 2.52 bits per heavy atom. The molecule has 1 saturated heterocycles. The van der Waals surface area contributed by atoms with Crippen LogP contribution in [0.2, 0.25) is 0 Å². The number of hydrogen-bond donors (Lipinski definition) is 0. The first-order valence-corrected chi connectivity index (χ1v) is 7.74. The SMILES string of the molecule is CN(C)c1cccc(C(=O)N2CCN(c3cccnn3)CC2)c1. The predicted octanol–water partition coefficient (Wildman–Crippen LogP) is 1.50. The molecule has 6 heteroatoms. The van der Waals surface area contributed by atoms with E-state index in [0.717, 1.165) is 30.2 Å². The van der Waals surface area contributed by atoms with E-state index in [0.29, 0.717) is 13.1 Å². The van der Waals surface area contributed by atoms with Gasteiger partial charge in [-0.15, -0.1) is 5.10 Å². The molecule has 0 bridgehead atoms. The maximum Gasteiger partial charge on any atom is 0.254 e. The quantitative estimate of drug-likeness (QED) is 0.860. The van der Waals surface area contributed by atoms with Gasteiger partial charge in [-0.3, -0.25) is 4.79 Å². The molecule has 120 valence electrons. The Kier molecular flexibility index (Phi) is 4.41. The van der Waals surface area contributed by atoms with E-state index in [4.69, 9.17) is 0 Å². The molecule has 0 saturated carbocycles. The van der Waals surface area contributed by atoms with E-state index in [1.54, 1.807) is 6.20 Å². The van der Waals surface area contributed by atoms with Crippen LogP contribution in [0.4, 0.5) is 11.5 Å². The van der Waals surface area contributed by atoms with Crippen molar-refractivity contribution < 1.29 is 4.79 Å². The summed E-state index contributed by atoms with van der Waals surface area (Å²) in [4.78, 5) is 18.7. The topological polar surface area (TPSA) is 52.6 Å². The third kappa shape index (κ3) is 3.41. The molecule has 1 amide bonds. The third-order valence-corrected chi connectivity index (χ3v) is 4.06. The van der Waals surface area contributed by atoms with Crippen LogP contribution in [0.3, 0.4) is 0 Å². The Morgan fingerprint density at radius 2 is 1.87 bits per heavy atom. The number of piperazine rings is 1. The van der Waals surface area contributed by atoms with Gasteiger partial charge in [-0.1, -0.05) is 6.07 Å². The van der Waals surface area contributed by atoms with Gasteiger partial charge in [-0.2, -0.15) is 5.10 Å². The molecule has 1 aromatic heterocycles. The van der Waals surface area contributed by atoms with Crippen molar-refractivity contribution in [2.75, 3.05) is 50.1 Å². The van der Waals surface area contributed by atoms with Gasteiger partial charge in [-0.05, 0) is 30.3 Å². The first-order valence-electron chi connectivity index (χ1n) is 7.74. The van der Waals surface area contributed by atoms with Crippen LogP contribution in [0, 0.1) is 0 Å². The summed E-state index contributed by atoms with van der Waals surface area (Å²) in [6, 6.07) is 11.6. The third-order valence-electron chi connectivity index (χ3n) is 4.06. The van der Waals surface area contributed by atoms with E-state index >= 15 is 0 Å². The number of aromatic nitrogens is 2. The van der Waals surface area contributed by atoms with Crippen LogP contribution < -0.4 is 9.80 Å². The number of amides is 1. The van der Waals surface area contributed by atoms with Crippen molar-refractivity contribution in [1.29, 1.82) is 0 Å². The Bertz CT molecular complexity index is 666. The second kappa shape index (κ2) is 6.64. The van der Waals surface area contributed by atoms with E-state index in [2.05, 4.69) is 15.1 Å². The number of carbonyl (C=O) groups excluding carboxylic acids is 1. The number of hydrogen-bond acceptors (Lipinski definition) is 5. The summed E-state index contributed by atoms with van der Waals surface area (Å²) in [5.74, 6) is 0.960. The molecule has 23 heavy (non-hydrogen) atoms. The lowest BCUT2D eigenvalue weighted by atomic mass is 10.1. The van der Waals surface area contributed by atoms with E-state index in [1.807, 2.05) is 60.3 Å². The molecule has 1 fully saturated rings. The monoisotopic (exact) mass is 311 g/mol. The maximum absolute atomic E-state index is 12.7. The van der Waals surface area contributed by atoms with E-state index in [1.165, 1.54) is 0 Å². The lowest BCUT2D eigenvalue weighted by molar-refractivity contribution is 0.0746. The zero-order valence-electron chi connectivity index (χ0n) is 13.5. The van der Waals surface area contributed by atoms with E-state index in [-0.39, 0.29) is 5.91 Å². The van der Waals surface area contributed by atoms with Gasteiger partial charge in [0.25, 0.3) is 5.91 Å². The van der Waals surface area contributed by atoms with Gasteiger partial charge in [-0.25, -0.2) is 0 Å². The first kappa shape index (κ1) is 15.3. The molecule has 2 aromatic rings. The van der Waals surface area contributed by atoms with Gasteiger partial charge in [0, 0.05) is 57.7 Å². The van der Waals surface area contributed by atoms with Crippen LogP contribution in [0.1, 0.15) is 10.4 Å². The standard InChI is InChI=1S/C17H21N5O/c1-20(2)15-6-3-5-14(13-15)17(23)22-11-9-21(10-12-22)16-7-4-8-18-19-16/h3-8,13H,9-12H2,1-2H3. The molecule has 0 atom stereocenters. The molecule has 0 radical (unpaired) electrons. The van der Waals surface area contributed by atoms with Crippen molar-refractivity contribution >= 4 is 17.4 Å². The van der Waals surface area contributed by atoms with Gasteiger partial charge < -0.3 is 14.7 Å². The zero-order chi connectivity index (χ0) is 16.2. The highest BCUT2D eigenvalue weighted by molar-refractivity contribution is 5.95. The number of carbonyl (C=O) groups is 1. The minimum atomic E-state index is 0.0903. The molecule has 0 N–H and O–H groups in total. The average molecular weight is 311 g/mol. The van der Waals surface area contributed by atoms with E-state index in [9.17, 15) is 4.79 Å². The molecule has 3 rings (SSSR count). The van der Waals surface area contributed by atoms with Gasteiger partial charge in [0.05, 0.1) is 0 Å². The molecule has 6 nitrogen and oxygen atoms in total. The minimum Gasteiger partial charge on any atom is -0.378 e. The van der Waals surface area contributed by atoms with Crippen LogP contribution >= 0.6 is 0 Å². The fourth-order valence-corrected chi connectivity index (χ4v) is 2.70. The smallest absolute Gasteiger partial charge is 0.254 e. The summed E-state index contributed by atoms with van der Waals surface area (Å²) >= 11 is 0. The lowest BCUT2D eigenvalue weighted by Gasteiger charge is -2.35. The molecule has 1 aliphatic rings. The fraction of sp³-hybridized carbons (Fsp3) is 0.353. The Labute approximate surface area is 136 Å². The highest BCUT2D eigenvalue weighted by atomic mass is 16.2. The Balaban J connectivity index is 1.65. The summed E-state index contributed by atoms with van der Waals surface area (Å²) < 4.78 is 0. The fourth-order valence-electron chi connectivity index (χ4n) is 2.70. The van der Waals surface area contributed by atoms with Crippen molar-refractivity contribution in [2.45, 2.75) is 0 Å². The molecule has 1 aromatic carbocycles. The lowest BCUT2D eigenvalue weighted by Crippen LogP contribution is -2.49. The highest BCUT2D eigenvalue weighted by Crippen LogP contribution is 2.17. The molecule has 0 unspecified atom stereocenters. The Morgan fingerprint density at radius 1 is 1.09 bits per heavy atom. The number of benzene rings is 1. The number of anilines is 2. The van der Waals surface area contributed by atoms with Crippen LogP contribution in [-0.2, 0) is 0 Å². The predicted molar refractivity (Wildman–Crippen MR) is 90.9 cm³/mol. The summed E-state index contributed by atoms with van der Waals surface area (Å²) in [6.07, 6.45) is 1.67. The summed E-state index contributed by atoms with van der Waals surface area (Å²) in [5.41, 5.74) is 1.78. The van der Waals surface area contributed by atoms with Crippen molar-refractivity contribution in [1.82, 2.24) is 15.1 Å². The van der Waals surface area contributed by atoms with Gasteiger partial charge in [0.1, 0.15) is 0 Å². The van der Waals surface area contributed by atoms with E-state index < -0.39 is 0 Å². The molecule has 1 aliphatic heterocycles. The second-order valence-corrected chi connectivity index (χ2v) is 5.81. The largest absolute Gasteiger partial charge is 0.378 e. The van der Waals surface area contributed by atoms with Crippen LogP contribution in [0.25, 0.3) is 0 Å². The normalized spacial score (nSPS) is 14.7. The summed E-state index contributed by atoms with van der Waals surface area (Å²) in [6.45, 7) is 2.94. The number of rotatable bonds is 3. The highest BCUT2D eigenvalue weighted by Gasteiger charge is 2.23. The molecule has 2 heterocycles. The average Bonchev–Trinajstić information content (AvgIpc) is 2.62. The van der Waals surface area contributed by atoms with Gasteiger partial charge >= 0.3 is 0 Å². The van der Waals surface area contributed by atoms with Crippen molar-refractivity contribution in [2.24, 2.45) is 0 Å². The minimum absolute atomic E-state index is 0.0903. The summed E-state index contributed by atoms with van der Waals surface area (Å²) in [7, 11) is 3.95. The van der Waals surface area contributed by atoms with Crippen LogP contribution in [0.5, 0.6) is 0 Å². The number of nitrogens with zero attached hydrogens (tertiary/aromatic N) is 5. The molecule has 0 spiro atoms. The first-order chi connectivity index (χ1) is 11.1. The van der Waals surface area contributed by atoms with Crippen LogP contribution in [-0.4, -0.2) is 61.3 Å². The Hall–Kier alpha value is -2.63. The van der Waals surface area contributed by atoms with Gasteiger partial charge in [0.15, 0.2) is 5.82 Å². The summed E-state index contributed by atoms with van der Waals surface area (Å²) in [5, 5.41) is 8.04. The van der Waals surface area contributed by atoms with Crippen LogP contribution in [0.15, 0.2) is 42.6 Å².